The van der Waals surface area contributed by atoms with Crippen molar-refractivity contribution < 1.29 is 23.8 Å². The summed E-state index contributed by atoms with van der Waals surface area (Å²) in [5.74, 6) is 1.92. The summed E-state index contributed by atoms with van der Waals surface area (Å²) in [7, 11) is 3.54. The first-order chi connectivity index (χ1) is 19.9. The van der Waals surface area contributed by atoms with Crippen LogP contribution in [0.3, 0.4) is 0 Å². The van der Waals surface area contributed by atoms with Gasteiger partial charge in [-0.15, -0.1) is 0 Å². The van der Waals surface area contributed by atoms with E-state index in [0.717, 1.165) is 53.2 Å². The molecule has 5 rings (SSSR count). The van der Waals surface area contributed by atoms with Crippen LogP contribution in [0.15, 0.2) is 66.4 Å². The second-order valence-corrected chi connectivity index (χ2v) is 9.69. The van der Waals surface area contributed by atoms with Crippen molar-refractivity contribution in [3.63, 3.8) is 0 Å². The number of hydrogen-bond donors (Lipinski definition) is 3. The number of ketones is 1. The number of carbonyl (C=O) groups excluding carboxylic acids is 2. The van der Waals surface area contributed by atoms with Crippen LogP contribution in [0.2, 0.25) is 0 Å². The van der Waals surface area contributed by atoms with E-state index in [1.807, 2.05) is 44.3 Å². The van der Waals surface area contributed by atoms with Gasteiger partial charge >= 0.3 is 6.03 Å². The first-order valence-electron chi connectivity index (χ1n) is 13.6. The summed E-state index contributed by atoms with van der Waals surface area (Å²) >= 11 is 0. The van der Waals surface area contributed by atoms with E-state index < -0.39 is 6.03 Å². The molecule has 0 bridgehead atoms. The number of allylic oxidation sites excluding steroid dienone is 1. The van der Waals surface area contributed by atoms with Gasteiger partial charge < -0.3 is 34.7 Å². The van der Waals surface area contributed by atoms with Crippen LogP contribution in [0.4, 0.5) is 16.2 Å². The van der Waals surface area contributed by atoms with Crippen molar-refractivity contribution in [2.75, 3.05) is 37.9 Å². The number of urea groups is 1. The molecule has 1 aromatic heterocycles. The van der Waals surface area contributed by atoms with E-state index in [4.69, 9.17) is 14.2 Å². The SMILES string of the molecule is CCn1c(C)c(C=C2Oc3ccc(NC(=O)Nc4ccc(OCCCNC)cc4)cc3C2=O)c2cc(OC)ccc21. The fourth-order valence-corrected chi connectivity index (χ4v) is 4.97. The van der Waals surface area contributed by atoms with Gasteiger partial charge in [-0.2, -0.15) is 0 Å². The van der Waals surface area contributed by atoms with E-state index >= 15 is 0 Å². The van der Waals surface area contributed by atoms with E-state index in [-0.39, 0.29) is 11.5 Å². The molecule has 0 fully saturated rings. The molecule has 0 saturated carbocycles. The Bertz CT molecular complexity index is 1620. The Morgan fingerprint density at radius 3 is 2.46 bits per heavy atom. The zero-order valence-electron chi connectivity index (χ0n) is 23.7. The predicted octanol–water partition coefficient (Wildman–Crippen LogP) is 6.23. The third-order valence-electron chi connectivity index (χ3n) is 7.05. The molecule has 1 aliphatic heterocycles. The molecule has 0 aliphatic carbocycles. The number of nitrogens with one attached hydrogen (secondary N) is 3. The molecule has 3 N–H and O–H groups in total. The van der Waals surface area contributed by atoms with Crippen molar-refractivity contribution in [3.8, 4) is 17.2 Å². The number of nitrogens with zero attached hydrogens (tertiary/aromatic N) is 1. The van der Waals surface area contributed by atoms with Gasteiger partial charge in [-0.25, -0.2) is 4.79 Å². The standard InChI is InChI=1S/C32H34N4O5/c1-5-36-20(2)25(26-18-24(39-4)12-13-28(26)36)19-30-31(37)27-17-22(9-14-29(27)41-30)35-32(38)34-21-7-10-23(11-8-21)40-16-6-15-33-3/h7-14,17-19,33H,5-6,15-16H2,1-4H3,(H2,34,35,38). The first-order valence-corrected chi connectivity index (χ1v) is 13.6. The van der Waals surface area contributed by atoms with Crippen LogP contribution in [0, 0.1) is 6.92 Å². The van der Waals surface area contributed by atoms with Gasteiger partial charge in [-0.05, 0) is 101 Å². The molecular formula is C32H34N4O5. The molecule has 41 heavy (non-hydrogen) atoms. The van der Waals surface area contributed by atoms with Gasteiger partial charge in [0, 0.05) is 40.1 Å². The number of methoxy groups -OCH3 is 1. The van der Waals surface area contributed by atoms with Crippen LogP contribution in [0.1, 0.15) is 35.0 Å². The molecule has 1 aliphatic rings. The zero-order chi connectivity index (χ0) is 28.9. The highest BCUT2D eigenvalue weighted by Crippen LogP contribution is 2.36. The molecule has 0 atom stereocenters. The molecule has 0 saturated heterocycles. The van der Waals surface area contributed by atoms with Gasteiger partial charge in [0.15, 0.2) is 5.76 Å². The normalized spacial score (nSPS) is 13.3. The third kappa shape index (κ3) is 5.90. The number of amides is 2. The Hall–Kier alpha value is -4.76. The molecule has 9 nitrogen and oxygen atoms in total. The Morgan fingerprint density at radius 1 is 1.00 bits per heavy atom. The van der Waals surface area contributed by atoms with Crippen LogP contribution in [0.25, 0.3) is 17.0 Å². The maximum Gasteiger partial charge on any atom is 0.323 e. The molecular weight excluding hydrogens is 520 g/mol. The first kappa shape index (κ1) is 27.8. The molecule has 2 amide bonds. The van der Waals surface area contributed by atoms with Crippen LogP contribution in [-0.4, -0.2) is 43.7 Å². The molecule has 2 heterocycles. The number of carbonyl (C=O) groups is 2. The van der Waals surface area contributed by atoms with E-state index in [1.54, 1.807) is 43.5 Å². The third-order valence-corrected chi connectivity index (χ3v) is 7.05. The maximum atomic E-state index is 13.4. The van der Waals surface area contributed by atoms with Crippen molar-refractivity contribution in [2.24, 2.45) is 0 Å². The topological polar surface area (TPSA) is 103 Å². The smallest absolute Gasteiger partial charge is 0.323 e. The van der Waals surface area contributed by atoms with Gasteiger partial charge in [0.25, 0.3) is 0 Å². The van der Waals surface area contributed by atoms with Crippen LogP contribution < -0.4 is 30.2 Å². The van der Waals surface area contributed by atoms with Crippen molar-refractivity contribution in [2.45, 2.75) is 26.8 Å². The number of aryl methyl sites for hydroxylation is 1. The summed E-state index contributed by atoms with van der Waals surface area (Å²) in [6.07, 6.45) is 2.70. The van der Waals surface area contributed by atoms with Gasteiger partial charge in [0.05, 0.1) is 19.3 Å². The Labute approximate surface area is 239 Å². The van der Waals surface area contributed by atoms with Crippen molar-refractivity contribution in [3.05, 3.63) is 83.2 Å². The average molecular weight is 555 g/mol. The van der Waals surface area contributed by atoms with Crippen LogP contribution in [-0.2, 0) is 6.54 Å². The Kier molecular flexibility index (Phi) is 8.26. The fraction of sp³-hybridized carbons (Fsp3) is 0.250. The van der Waals surface area contributed by atoms with Gasteiger partial charge in [-0.3, -0.25) is 4.79 Å². The molecule has 212 valence electrons. The lowest BCUT2D eigenvalue weighted by molar-refractivity contribution is 0.101. The van der Waals surface area contributed by atoms with Gasteiger partial charge in [0.2, 0.25) is 5.78 Å². The fourth-order valence-electron chi connectivity index (χ4n) is 4.97. The minimum Gasteiger partial charge on any atom is -0.497 e. The number of fused-ring (bicyclic) bond motifs is 2. The number of ether oxygens (including phenoxy) is 3. The van der Waals surface area contributed by atoms with E-state index in [2.05, 4.69) is 27.4 Å². The lowest BCUT2D eigenvalue weighted by Gasteiger charge is -2.10. The average Bonchev–Trinajstić information content (AvgIpc) is 3.43. The second kappa shape index (κ2) is 12.2. The van der Waals surface area contributed by atoms with Crippen LogP contribution in [0.5, 0.6) is 17.2 Å². The molecule has 9 heteroatoms. The molecule has 4 aromatic rings. The Balaban J connectivity index is 1.28. The summed E-state index contributed by atoms with van der Waals surface area (Å²) < 4.78 is 19.3. The van der Waals surface area contributed by atoms with Crippen LogP contribution >= 0.6 is 0 Å². The highest BCUT2D eigenvalue weighted by atomic mass is 16.5. The van der Waals surface area contributed by atoms with Crippen molar-refractivity contribution in [1.29, 1.82) is 0 Å². The summed E-state index contributed by atoms with van der Waals surface area (Å²) in [4.78, 5) is 26.0. The minimum absolute atomic E-state index is 0.232. The largest absolute Gasteiger partial charge is 0.497 e. The second-order valence-electron chi connectivity index (χ2n) is 9.69. The molecule has 0 radical (unpaired) electrons. The summed E-state index contributed by atoms with van der Waals surface area (Å²) in [5, 5.41) is 9.65. The number of Topliss-reactive ketones (excluding diaryl/α,β-unsaturated/α-hetero) is 1. The monoisotopic (exact) mass is 554 g/mol. The van der Waals surface area contributed by atoms with Crippen molar-refractivity contribution >= 4 is 40.2 Å². The summed E-state index contributed by atoms with van der Waals surface area (Å²) in [6.45, 7) is 6.41. The minimum atomic E-state index is -0.424. The maximum absolute atomic E-state index is 13.4. The number of anilines is 2. The molecule has 0 unspecified atom stereocenters. The number of hydrogen-bond acceptors (Lipinski definition) is 6. The summed E-state index contributed by atoms with van der Waals surface area (Å²) in [5.41, 5.74) is 4.49. The molecule has 3 aromatic carbocycles. The van der Waals surface area contributed by atoms with E-state index in [9.17, 15) is 9.59 Å². The lowest BCUT2D eigenvalue weighted by atomic mass is 10.1. The Morgan fingerprint density at radius 2 is 1.73 bits per heavy atom. The van der Waals surface area contributed by atoms with Crippen molar-refractivity contribution in [1.82, 2.24) is 9.88 Å². The van der Waals surface area contributed by atoms with E-state index in [1.165, 1.54) is 0 Å². The van der Waals surface area contributed by atoms with Gasteiger partial charge in [0.1, 0.15) is 17.2 Å². The van der Waals surface area contributed by atoms with Gasteiger partial charge in [-0.1, -0.05) is 0 Å². The number of benzene rings is 3. The zero-order valence-corrected chi connectivity index (χ0v) is 23.7. The number of rotatable bonds is 10. The predicted molar refractivity (Wildman–Crippen MR) is 161 cm³/mol. The number of aromatic nitrogens is 1. The quantitative estimate of drug-likeness (QED) is 0.159. The summed E-state index contributed by atoms with van der Waals surface area (Å²) in [6, 6.07) is 17.7. The lowest BCUT2D eigenvalue weighted by Crippen LogP contribution is -2.19. The highest BCUT2D eigenvalue weighted by molar-refractivity contribution is 6.16. The van der Waals surface area contributed by atoms with E-state index in [0.29, 0.717) is 29.3 Å². The molecule has 0 spiro atoms. The highest BCUT2D eigenvalue weighted by Gasteiger charge is 2.29.